The maximum Gasteiger partial charge on any atom is 0.303 e. The molecule has 1 heterocycles. The fourth-order valence-corrected chi connectivity index (χ4v) is 1.25. The van der Waals surface area contributed by atoms with Crippen molar-refractivity contribution in [3.05, 3.63) is 18.4 Å². The minimum atomic E-state index is -0.417. The number of rotatable bonds is 2. The summed E-state index contributed by atoms with van der Waals surface area (Å²) < 4.78 is 4.93. The van der Waals surface area contributed by atoms with Gasteiger partial charge in [0.15, 0.2) is 0 Å². The summed E-state index contributed by atoms with van der Waals surface area (Å²) in [4.78, 5) is 21.6. The second-order valence-corrected chi connectivity index (χ2v) is 2.82. The largest absolute Gasteiger partial charge is 0.459 e. The van der Waals surface area contributed by atoms with E-state index < -0.39 is 6.10 Å². The maximum atomic E-state index is 10.9. The molecule has 0 aromatic carbocycles. The van der Waals surface area contributed by atoms with Crippen LogP contribution < -0.4 is 5.32 Å². The Labute approximate surface area is 76.3 Å². The van der Waals surface area contributed by atoms with E-state index in [4.69, 9.17) is 4.74 Å². The van der Waals surface area contributed by atoms with Gasteiger partial charge in [-0.3, -0.25) is 9.59 Å². The molecule has 1 saturated heterocycles. The first kappa shape index (κ1) is 9.55. The van der Waals surface area contributed by atoms with Crippen LogP contribution in [0.1, 0.15) is 13.3 Å². The molecule has 0 saturated carbocycles. The molecule has 1 aliphatic rings. The van der Waals surface area contributed by atoms with Crippen LogP contribution in [0.4, 0.5) is 0 Å². The zero-order chi connectivity index (χ0) is 9.84. The number of amides is 1. The lowest BCUT2D eigenvalue weighted by Crippen LogP contribution is -2.31. The van der Waals surface area contributed by atoms with Gasteiger partial charge in [-0.05, 0) is 6.08 Å². The van der Waals surface area contributed by atoms with Gasteiger partial charge in [-0.1, -0.05) is 6.58 Å². The van der Waals surface area contributed by atoms with E-state index >= 15 is 0 Å². The number of nitrogens with one attached hydrogen (secondary N) is 1. The maximum absolute atomic E-state index is 10.9. The summed E-state index contributed by atoms with van der Waals surface area (Å²) in [5.41, 5.74) is 2.55. The summed E-state index contributed by atoms with van der Waals surface area (Å²) in [6, 6.07) is -0.283. The van der Waals surface area contributed by atoms with Crippen LogP contribution >= 0.6 is 0 Å². The van der Waals surface area contributed by atoms with Crippen LogP contribution in [0.3, 0.4) is 0 Å². The van der Waals surface area contributed by atoms with Crippen molar-refractivity contribution >= 4 is 11.9 Å². The Morgan fingerprint density at radius 1 is 1.85 bits per heavy atom. The molecule has 1 aliphatic heterocycles. The summed E-state index contributed by atoms with van der Waals surface area (Å²) in [7, 11) is 0. The molecular weight excluding hydrogens is 170 g/mol. The summed E-state index contributed by atoms with van der Waals surface area (Å²) in [6.45, 7) is 4.71. The molecule has 0 spiro atoms. The smallest absolute Gasteiger partial charge is 0.303 e. The standard InChI is InChI=1S/C9H11NO3/c1-3-4-7-8(13-6(2)11)5-9(12)10-7/h4,7-8H,1,5H2,2H3,(H,10,12)/t7-,8+/m1/s1. The fourth-order valence-electron chi connectivity index (χ4n) is 1.25. The third-order valence-electron chi connectivity index (χ3n) is 1.73. The third-order valence-corrected chi connectivity index (χ3v) is 1.73. The van der Waals surface area contributed by atoms with E-state index in [0.29, 0.717) is 0 Å². The van der Waals surface area contributed by atoms with Crippen LogP contribution in [-0.4, -0.2) is 24.0 Å². The Morgan fingerprint density at radius 3 is 3.08 bits per heavy atom. The van der Waals surface area contributed by atoms with E-state index in [2.05, 4.69) is 17.6 Å². The van der Waals surface area contributed by atoms with Crippen LogP contribution in [0.25, 0.3) is 0 Å². The summed E-state index contributed by atoms with van der Waals surface area (Å²) >= 11 is 0. The lowest BCUT2D eigenvalue weighted by molar-refractivity contribution is -0.146. The Bertz CT molecular complexity index is 279. The highest BCUT2D eigenvalue weighted by atomic mass is 16.5. The Balaban J connectivity index is 2.65. The van der Waals surface area contributed by atoms with E-state index in [0.717, 1.165) is 0 Å². The lowest BCUT2D eigenvalue weighted by Gasteiger charge is -2.13. The second-order valence-electron chi connectivity index (χ2n) is 2.82. The fraction of sp³-hybridized carbons (Fsp3) is 0.444. The number of carbonyl (C=O) groups is 2. The molecule has 1 fully saturated rings. The highest BCUT2D eigenvalue weighted by Crippen LogP contribution is 2.13. The molecule has 0 aromatic heterocycles. The average Bonchev–Trinajstić information content (AvgIpc) is 2.31. The van der Waals surface area contributed by atoms with E-state index in [1.54, 1.807) is 6.08 Å². The molecule has 0 aliphatic carbocycles. The van der Waals surface area contributed by atoms with Crippen molar-refractivity contribution in [2.24, 2.45) is 0 Å². The van der Waals surface area contributed by atoms with Crippen molar-refractivity contribution in [2.45, 2.75) is 25.5 Å². The van der Waals surface area contributed by atoms with Crippen molar-refractivity contribution in [3.8, 4) is 0 Å². The molecule has 1 N–H and O–H groups in total. The Kier molecular flexibility index (Phi) is 2.88. The van der Waals surface area contributed by atoms with Gasteiger partial charge in [-0.25, -0.2) is 0 Å². The van der Waals surface area contributed by atoms with Gasteiger partial charge in [0.25, 0.3) is 0 Å². The first-order chi connectivity index (χ1) is 6.13. The van der Waals surface area contributed by atoms with E-state index in [-0.39, 0.29) is 24.3 Å². The Hall–Kier alpha value is -1.54. The first-order valence-electron chi connectivity index (χ1n) is 3.96. The molecule has 0 aromatic rings. The number of ether oxygens (including phenoxy) is 1. The molecule has 4 nitrogen and oxygen atoms in total. The SMILES string of the molecule is C=C=C[C@H]1NC(=O)C[C@@H]1OC(C)=O. The predicted octanol–water partition coefficient (Wildman–Crippen LogP) is 0.148. The van der Waals surface area contributed by atoms with Crippen molar-refractivity contribution in [1.29, 1.82) is 0 Å². The number of hydrogen-bond acceptors (Lipinski definition) is 3. The monoisotopic (exact) mass is 181 g/mol. The van der Waals surface area contributed by atoms with Crippen LogP contribution in [0.5, 0.6) is 0 Å². The van der Waals surface area contributed by atoms with Crippen LogP contribution in [-0.2, 0) is 14.3 Å². The van der Waals surface area contributed by atoms with Gasteiger partial charge in [0.2, 0.25) is 5.91 Å². The average molecular weight is 181 g/mol. The minimum Gasteiger partial charge on any atom is -0.459 e. The zero-order valence-electron chi connectivity index (χ0n) is 7.37. The second kappa shape index (κ2) is 3.92. The van der Waals surface area contributed by atoms with E-state index in [1.807, 2.05) is 0 Å². The molecule has 1 rings (SSSR count). The number of carbonyl (C=O) groups excluding carboxylic acids is 2. The molecule has 1 amide bonds. The van der Waals surface area contributed by atoms with Crippen LogP contribution in [0.15, 0.2) is 18.4 Å². The normalized spacial score (nSPS) is 26.1. The van der Waals surface area contributed by atoms with Crippen molar-refractivity contribution in [3.63, 3.8) is 0 Å². The molecular formula is C9H11NO3. The molecule has 70 valence electrons. The first-order valence-corrected chi connectivity index (χ1v) is 3.96. The van der Waals surface area contributed by atoms with E-state index in [9.17, 15) is 9.59 Å². The summed E-state index contributed by atoms with van der Waals surface area (Å²) in [5.74, 6) is -0.508. The van der Waals surface area contributed by atoms with Crippen molar-refractivity contribution < 1.29 is 14.3 Å². The molecule has 2 atom stereocenters. The number of hydrogen-bond donors (Lipinski definition) is 1. The zero-order valence-corrected chi connectivity index (χ0v) is 7.37. The summed E-state index contributed by atoms with van der Waals surface area (Å²) in [6.07, 6.45) is 1.38. The third kappa shape index (κ3) is 2.46. The molecule has 4 heteroatoms. The molecule has 0 radical (unpaired) electrons. The van der Waals surface area contributed by atoms with Gasteiger partial charge in [-0.2, -0.15) is 0 Å². The molecule has 0 unspecified atom stereocenters. The number of esters is 1. The predicted molar refractivity (Wildman–Crippen MR) is 45.8 cm³/mol. The van der Waals surface area contributed by atoms with Crippen LogP contribution in [0.2, 0.25) is 0 Å². The summed E-state index contributed by atoms with van der Waals surface area (Å²) in [5, 5.41) is 2.64. The van der Waals surface area contributed by atoms with Gasteiger partial charge >= 0.3 is 5.97 Å². The topological polar surface area (TPSA) is 55.4 Å². The van der Waals surface area contributed by atoms with Gasteiger partial charge in [0.05, 0.1) is 12.5 Å². The minimum absolute atomic E-state index is 0.122. The lowest BCUT2D eigenvalue weighted by atomic mass is 10.2. The van der Waals surface area contributed by atoms with E-state index in [1.165, 1.54) is 6.92 Å². The highest BCUT2D eigenvalue weighted by molar-refractivity contribution is 5.80. The quantitative estimate of drug-likeness (QED) is 0.487. The highest BCUT2D eigenvalue weighted by Gasteiger charge is 2.32. The van der Waals surface area contributed by atoms with Crippen molar-refractivity contribution in [1.82, 2.24) is 5.32 Å². The van der Waals surface area contributed by atoms with Crippen molar-refractivity contribution in [2.75, 3.05) is 0 Å². The molecule has 0 bridgehead atoms. The van der Waals surface area contributed by atoms with Crippen LogP contribution in [0, 0.1) is 0 Å². The molecule has 13 heavy (non-hydrogen) atoms. The van der Waals surface area contributed by atoms with Gasteiger partial charge in [-0.15, -0.1) is 5.73 Å². The Morgan fingerprint density at radius 2 is 2.54 bits per heavy atom. The van der Waals surface area contributed by atoms with Gasteiger partial charge in [0.1, 0.15) is 6.10 Å². The van der Waals surface area contributed by atoms with Gasteiger partial charge in [0, 0.05) is 6.92 Å². The van der Waals surface area contributed by atoms with Gasteiger partial charge < -0.3 is 10.1 Å².